The summed E-state index contributed by atoms with van der Waals surface area (Å²) in [7, 11) is 3.74. The van der Waals surface area contributed by atoms with Crippen LogP contribution in [-0.2, 0) is 11.8 Å². The number of benzene rings is 1. The third-order valence-electron chi connectivity index (χ3n) is 6.90. The molecule has 1 aromatic rings. The van der Waals surface area contributed by atoms with Gasteiger partial charge in [-0.25, -0.2) is 0 Å². The van der Waals surface area contributed by atoms with E-state index in [2.05, 4.69) is 18.0 Å². The molecule has 5 nitrogen and oxygen atoms in total. The van der Waals surface area contributed by atoms with E-state index < -0.39 is 17.1 Å². The maximum Gasteiger partial charge on any atom is 0.166 e. The van der Waals surface area contributed by atoms with E-state index in [0.717, 1.165) is 30.7 Å². The monoisotopic (exact) mass is 317 g/mol. The number of methoxy groups -OCH3 is 1. The normalized spacial score (nSPS) is 43.7. The Labute approximate surface area is 135 Å². The summed E-state index contributed by atoms with van der Waals surface area (Å²) in [6.45, 7) is 0.912. The summed E-state index contributed by atoms with van der Waals surface area (Å²) in [5.41, 5.74) is 0.999. The van der Waals surface area contributed by atoms with Gasteiger partial charge in [-0.05, 0) is 50.9 Å². The Balaban J connectivity index is 1.84. The van der Waals surface area contributed by atoms with Crippen molar-refractivity contribution < 1.29 is 19.7 Å². The van der Waals surface area contributed by atoms with Crippen molar-refractivity contribution in [1.82, 2.24) is 4.90 Å². The second kappa shape index (κ2) is 4.21. The van der Waals surface area contributed by atoms with Crippen molar-refractivity contribution in [2.45, 2.75) is 54.9 Å². The van der Waals surface area contributed by atoms with Crippen LogP contribution >= 0.6 is 0 Å². The summed E-state index contributed by atoms with van der Waals surface area (Å²) in [5.74, 6) is 1.46. The molecular formula is C18H23NO4. The van der Waals surface area contributed by atoms with Crippen molar-refractivity contribution in [3.8, 4) is 11.5 Å². The number of likely N-dealkylation sites (tertiary alicyclic amines) is 1. The SMILES string of the molecule is COc1ccc2c3c1OC1C(O)CC[C@]4(O)[C@H](C2)N(C)CC[C@@]314. The predicted octanol–water partition coefficient (Wildman–Crippen LogP) is 0.840. The molecule has 5 rings (SSSR count). The molecule has 124 valence electrons. The molecule has 23 heavy (non-hydrogen) atoms. The highest BCUT2D eigenvalue weighted by molar-refractivity contribution is 5.62. The highest BCUT2D eigenvalue weighted by Crippen LogP contribution is 2.65. The van der Waals surface area contributed by atoms with Gasteiger partial charge < -0.3 is 24.6 Å². The smallest absolute Gasteiger partial charge is 0.166 e. The molecule has 5 heteroatoms. The zero-order valence-corrected chi connectivity index (χ0v) is 13.6. The van der Waals surface area contributed by atoms with Crippen molar-refractivity contribution in [2.24, 2.45) is 0 Å². The van der Waals surface area contributed by atoms with E-state index in [0.29, 0.717) is 18.6 Å². The van der Waals surface area contributed by atoms with Crippen LogP contribution in [0.4, 0.5) is 0 Å². The Hall–Kier alpha value is -1.30. The minimum absolute atomic E-state index is 0.0849. The summed E-state index contributed by atoms with van der Waals surface area (Å²) in [6, 6.07) is 4.15. The molecule has 1 saturated heterocycles. The lowest BCUT2D eigenvalue weighted by Crippen LogP contribution is -2.76. The van der Waals surface area contributed by atoms with E-state index in [-0.39, 0.29) is 12.1 Å². The zero-order valence-electron chi connectivity index (χ0n) is 13.6. The van der Waals surface area contributed by atoms with Gasteiger partial charge in [0, 0.05) is 11.6 Å². The number of aliphatic hydroxyl groups is 2. The lowest BCUT2D eigenvalue weighted by Gasteiger charge is -2.63. The molecule has 5 atom stereocenters. The maximum absolute atomic E-state index is 11.8. The van der Waals surface area contributed by atoms with E-state index in [1.165, 1.54) is 5.56 Å². The van der Waals surface area contributed by atoms with Gasteiger partial charge in [0.25, 0.3) is 0 Å². The average Bonchev–Trinajstić information content (AvgIpc) is 2.90. The minimum atomic E-state index is -0.839. The maximum atomic E-state index is 11.8. The van der Waals surface area contributed by atoms with Crippen LogP contribution in [-0.4, -0.2) is 59.7 Å². The molecule has 2 N–H and O–H groups in total. The van der Waals surface area contributed by atoms with Gasteiger partial charge in [-0.2, -0.15) is 0 Å². The van der Waals surface area contributed by atoms with Crippen molar-refractivity contribution in [1.29, 1.82) is 0 Å². The molecular weight excluding hydrogens is 294 g/mol. The van der Waals surface area contributed by atoms with Crippen LogP contribution < -0.4 is 9.47 Å². The standard InChI is InChI=1S/C18H23NO4/c1-19-8-7-17-14-10-3-4-12(22-2)15(14)23-16(17)11(20)5-6-18(17,21)13(19)9-10/h3-4,11,13,16,20-21H,5-9H2,1-2H3/t11?,13-,16?,17+,18-/m0/s1. The lowest BCUT2D eigenvalue weighted by molar-refractivity contribution is -0.204. The average molecular weight is 317 g/mol. The molecule has 2 bridgehead atoms. The Morgan fingerprint density at radius 3 is 2.96 bits per heavy atom. The van der Waals surface area contributed by atoms with E-state index in [4.69, 9.17) is 9.47 Å². The summed E-state index contributed by atoms with van der Waals surface area (Å²) < 4.78 is 11.8. The van der Waals surface area contributed by atoms with E-state index in [9.17, 15) is 10.2 Å². The van der Waals surface area contributed by atoms with Gasteiger partial charge in [0.2, 0.25) is 0 Å². The number of piperidine rings is 1. The van der Waals surface area contributed by atoms with Crippen LogP contribution in [0.15, 0.2) is 12.1 Å². The van der Waals surface area contributed by atoms with Gasteiger partial charge >= 0.3 is 0 Å². The fraction of sp³-hybridized carbons (Fsp3) is 0.667. The number of hydrogen-bond acceptors (Lipinski definition) is 5. The molecule has 0 amide bonds. The molecule has 1 aromatic carbocycles. The quantitative estimate of drug-likeness (QED) is 0.804. The van der Waals surface area contributed by atoms with Gasteiger partial charge in [-0.15, -0.1) is 0 Å². The van der Waals surface area contributed by atoms with Crippen molar-refractivity contribution >= 4 is 0 Å². The van der Waals surface area contributed by atoms with E-state index in [1.807, 2.05) is 6.07 Å². The Bertz CT molecular complexity index is 692. The second-order valence-corrected chi connectivity index (χ2v) is 7.62. The Morgan fingerprint density at radius 2 is 2.17 bits per heavy atom. The van der Waals surface area contributed by atoms with Gasteiger partial charge in [0.1, 0.15) is 6.10 Å². The molecule has 0 radical (unpaired) electrons. The molecule has 2 fully saturated rings. The van der Waals surface area contributed by atoms with Gasteiger partial charge in [0.05, 0.1) is 24.2 Å². The largest absolute Gasteiger partial charge is 0.493 e. The number of aliphatic hydroxyl groups excluding tert-OH is 1. The third kappa shape index (κ3) is 1.37. The highest BCUT2D eigenvalue weighted by Gasteiger charge is 2.72. The number of rotatable bonds is 1. The first-order chi connectivity index (χ1) is 11.0. The summed E-state index contributed by atoms with van der Waals surface area (Å²) >= 11 is 0. The number of hydrogen-bond donors (Lipinski definition) is 2. The van der Waals surface area contributed by atoms with Gasteiger partial charge in [-0.3, -0.25) is 0 Å². The van der Waals surface area contributed by atoms with Crippen molar-refractivity contribution in [2.75, 3.05) is 20.7 Å². The first kappa shape index (κ1) is 14.1. The van der Waals surface area contributed by atoms with Crippen LogP contribution in [0, 0.1) is 0 Å². The Morgan fingerprint density at radius 1 is 1.35 bits per heavy atom. The van der Waals surface area contributed by atoms with Gasteiger partial charge in [-0.1, -0.05) is 6.07 Å². The minimum Gasteiger partial charge on any atom is -0.493 e. The fourth-order valence-electron chi connectivity index (χ4n) is 5.88. The van der Waals surface area contributed by atoms with Crippen LogP contribution in [0.5, 0.6) is 11.5 Å². The number of likely N-dealkylation sites (N-methyl/N-ethyl adjacent to an activating group) is 1. The predicted molar refractivity (Wildman–Crippen MR) is 84.0 cm³/mol. The molecule has 2 aliphatic heterocycles. The molecule has 2 aliphatic carbocycles. The fourth-order valence-corrected chi connectivity index (χ4v) is 5.88. The van der Waals surface area contributed by atoms with Crippen molar-refractivity contribution in [3.05, 3.63) is 23.3 Å². The second-order valence-electron chi connectivity index (χ2n) is 7.62. The first-order valence-corrected chi connectivity index (χ1v) is 8.50. The van der Waals surface area contributed by atoms with Crippen molar-refractivity contribution in [3.63, 3.8) is 0 Å². The van der Waals surface area contributed by atoms with E-state index in [1.54, 1.807) is 7.11 Å². The molecule has 2 unspecified atom stereocenters. The summed E-state index contributed by atoms with van der Waals surface area (Å²) in [5, 5.41) is 22.4. The highest BCUT2D eigenvalue weighted by atomic mass is 16.5. The zero-order chi connectivity index (χ0) is 16.0. The van der Waals surface area contributed by atoms with E-state index >= 15 is 0 Å². The van der Waals surface area contributed by atoms with Crippen LogP contribution in [0.25, 0.3) is 0 Å². The molecule has 1 spiro atoms. The van der Waals surface area contributed by atoms with Gasteiger partial charge in [0.15, 0.2) is 11.5 Å². The molecule has 1 saturated carbocycles. The number of nitrogens with zero attached hydrogens (tertiary/aromatic N) is 1. The molecule has 4 aliphatic rings. The molecule has 2 heterocycles. The summed E-state index contributed by atoms with van der Waals surface area (Å²) in [6.07, 6.45) is 1.93. The summed E-state index contributed by atoms with van der Waals surface area (Å²) in [4.78, 5) is 2.28. The topological polar surface area (TPSA) is 62.2 Å². The molecule has 0 aromatic heterocycles. The Kier molecular flexibility index (Phi) is 2.57. The van der Waals surface area contributed by atoms with Crippen LogP contribution in [0.3, 0.4) is 0 Å². The van der Waals surface area contributed by atoms with Crippen LogP contribution in [0.1, 0.15) is 30.4 Å². The van der Waals surface area contributed by atoms with Crippen LogP contribution in [0.2, 0.25) is 0 Å². The number of ether oxygens (including phenoxy) is 2. The third-order valence-corrected chi connectivity index (χ3v) is 6.90. The first-order valence-electron chi connectivity index (χ1n) is 8.50. The lowest BCUT2D eigenvalue weighted by atomic mass is 9.49.